The van der Waals surface area contributed by atoms with Gasteiger partial charge < -0.3 is 19.1 Å². The predicted molar refractivity (Wildman–Crippen MR) is 112 cm³/mol. The molecule has 2 heterocycles. The molecular weight excluding hydrogens is 409 g/mol. The van der Waals surface area contributed by atoms with Crippen molar-refractivity contribution < 1.29 is 23.4 Å². The highest BCUT2D eigenvalue weighted by Crippen LogP contribution is 2.46. The lowest BCUT2D eigenvalue weighted by molar-refractivity contribution is 0.0270. The van der Waals surface area contributed by atoms with Crippen LogP contribution in [0.2, 0.25) is 5.02 Å². The molecule has 0 radical (unpaired) electrons. The molecule has 2 aromatic carbocycles. The molecule has 0 saturated heterocycles. The molecule has 1 amide bonds. The third-order valence-corrected chi connectivity index (χ3v) is 5.10. The number of hydrogen-bond donors (Lipinski definition) is 0. The van der Waals surface area contributed by atoms with Gasteiger partial charge in [0.1, 0.15) is 11.4 Å². The van der Waals surface area contributed by atoms with Gasteiger partial charge in [0.2, 0.25) is 0 Å². The Bertz CT molecular complexity index is 1010. The average molecular weight is 432 g/mol. The summed E-state index contributed by atoms with van der Waals surface area (Å²) >= 11 is 5.84. The first-order valence-electron chi connectivity index (χ1n) is 9.80. The van der Waals surface area contributed by atoms with Crippen LogP contribution in [0.3, 0.4) is 0 Å². The number of hydrogen-bond acceptors (Lipinski definition) is 4. The second-order valence-electron chi connectivity index (χ2n) is 8.27. The number of para-hydroxylation sites is 1. The van der Waals surface area contributed by atoms with Crippen LogP contribution in [0.4, 0.5) is 9.18 Å². The predicted octanol–water partition coefficient (Wildman–Crippen LogP) is 5.97. The van der Waals surface area contributed by atoms with Gasteiger partial charge in [0.15, 0.2) is 11.5 Å². The second kappa shape index (κ2) is 7.84. The standard InChI is InChI=1S/C23H23ClFNO4/c1-23(2,3)30-22(27)26-11-9-14(10-12-26)16-5-4-6-19-20(16)29-21(28-19)17-8-7-15(24)13-18(17)25/h4-9,13,21H,10-12H2,1-3H3. The van der Waals surface area contributed by atoms with Gasteiger partial charge in [-0.25, -0.2) is 9.18 Å². The minimum atomic E-state index is -0.874. The number of rotatable bonds is 2. The number of carbonyl (C=O) groups is 1. The highest BCUT2D eigenvalue weighted by atomic mass is 35.5. The van der Waals surface area contributed by atoms with Crippen LogP contribution < -0.4 is 9.47 Å². The molecule has 0 bridgehead atoms. The molecule has 4 rings (SSSR count). The smallest absolute Gasteiger partial charge is 0.410 e. The number of carbonyl (C=O) groups excluding carboxylic acids is 1. The van der Waals surface area contributed by atoms with Crippen molar-refractivity contribution in [2.75, 3.05) is 13.1 Å². The summed E-state index contributed by atoms with van der Waals surface area (Å²) in [6.45, 7) is 6.53. The van der Waals surface area contributed by atoms with E-state index in [1.807, 2.05) is 39.0 Å². The van der Waals surface area contributed by atoms with Gasteiger partial charge in [-0.1, -0.05) is 29.8 Å². The van der Waals surface area contributed by atoms with E-state index in [1.165, 1.54) is 6.07 Å². The molecule has 0 aromatic heterocycles. The number of ether oxygens (including phenoxy) is 3. The monoisotopic (exact) mass is 431 g/mol. The molecule has 7 heteroatoms. The maximum absolute atomic E-state index is 14.3. The lowest BCUT2D eigenvalue weighted by atomic mass is 9.98. The topological polar surface area (TPSA) is 48.0 Å². The maximum Gasteiger partial charge on any atom is 0.410 e. The van der Waals surface area contributed by atoms with Crippen molar-refractivity contribution in [1.82, 2.24) is 4.90 Å². The van der Waals surface area contributed by atoms with Crippen LogP contribution in [-0.2, 0) is 4.74 Å². The Kier molecular flexibility index (Phi) is 5.36. The van der Waals surface area contributed by atoms with Crippen molar-refractivity contribution in [2.45, 2.75) is 39.1 Å². The zero-order chi connectivity index (χ0) is 21.5. The Labute approximate surface area is 180 Å². The molecule has 158 valence electrons. The van der Waals surface area contributed by atoms with E-state index in [0.29, 0.717) is 36.0 Å². The molecule has 2 aliphatic rings. The summed E-state index contributed by atoms with van der Waals surface area (Å²) < 4.78 is 31.6. The normalized spacial score (nSPS) is 18.2. The minimum absolute atomic E-state index is 0.287. The van der Waals surface area contributed by atoms with E-state index in [-0.39, 0.29) is 11.7 Å². The van der Waals surface area contributed by atoms with E-state index < -0.39 is 17.7 Å². The molecule has 0 aliphatic carbocycles. The SMILES string of the molecule is CC(C)(C)OC(=O)N1CC=C(c2cccc3c2OC(c2ccc(Cl)cc2F)O3)CC1. The summed E-state index contributed by atoms with van der Waals surface area (Å²) in [6, 6.07) is 10.0. The number of fused-ring (bicyclic) bond motifs is 1. The number of benzene rings is 2. The third-order valence-electron chi connectivity index (χ3n) is 4.86. The lowest BCUT2D eigenvalue weighted by Crippen LogP contribution is -2.39. The quantitative estimate of drug-likeness (QED) is 0.587. The van der Waals surface area contributed by atoms with Gasteiger partial charge in [0, 0.05) is 23.7 Å². The van der Waals surface area contributed by atoms with E-state index >= 15 is 0 Å². The van der Waals surface area contributed by atoms with Crippen LogP contribution in [-0.4, -0.2) is 29.7 Å². The molecule has 0 spiro atoms. The molecular formula is C23H23ClFNO4. The molecule has 1 atom stereocenters. The summed E-state index contributed by atoms with van der Waals surface area (Å²) in [6.07, 6.45) is 1.44. The Morgan fingerprint density at radius 1 is 1.23 bits per heavy atom. The van der Waals surface area contributed by atoms with E-state index in [1.54, 1.807) is 23.1 Å². The summed E-state index contributed by atoms with van der Waals surface area (Å²) in [5, 5.41) is 0.314. The molecule has 0 fully saturated rings. The van der Waals surface area contributed by atoms with Crippen LogP contribution in [0.25, 0.3) is 5.57 Å². The lowest BCUT2D eigenvalue weighted by Gasteiger charge is -2.29. The zero-order valence-corrected chi connectivity index (χ0v) is 17.8. The fraction of sp³-hybridized carbons (Fsp3) is 0.348. The van der Waals surface area contributed by atoms with E-state index in [4.69, 9.17) is 25.8 Å². The molecule has 2 aliphatic heterocycles. The fourth-order valence-electron chi connectivity index (χ4n) is 3.46. The van der Waals surface area contributed by atoms with Crippen molar-refractivity contribution in [3.05, 3.63) is 64.4 Å². The fourth-order valence-corrected chi connectivity index (χ4v) is 3.61. The molecule has 0 saturated carbocycles. The van der Waals surface area contributed by atoms with Crippen molar-refractivity contribution in [3.8, 4) is 11.5 Å². The Hall–Kier alpha value is -2.73. The number of nitrogens with zero attached hydrogens (tertiary/aromatic N) is 1. The Morgan fingerprint density at radius 3 is 2.70 bits per heavy atom. The highest BCUT2D eigenvalue weighted by Gasteiger charge is 2.32. The van der Waals surface area contributed by atoms with E-state index in [9.17, 15) is 9.18 Å². The second-order valence-corrected chi connectivity index (χ2v) is 8.71. The Balaban J connectivity index is 1.52. The van der Waals surface area contributed by atoms with Gasteiger partial charge in [-0.3, -0.25) is 0 Å². The number of amides is 1. The van der Waals surface area contributed by atoms with Crippen molar-refractivity contribution in [2.24, 2.45) is 0 Å². The van der Waals surface area contributed by atoms with Crippen molar-refractivity contribution >= 4 is 23.3 Å². The molecule has 0 N–H and O–H groups in total. The summed E-state index contributed by atoms with van der Waals surface area (Å²) in [4.78, 5) is 14.0. The first kappa shape index (κ1) is 20.5. The van der Waals surface area contributed by atoms with Crippen LogP contribution in [0.1, 0.15) is 44.6 Å². The largest absolute Gasteiger partial charge is 0.447 e. The minimum Gasteiger partial charge on any atom is -0.447 e. The zero-order valence-electron chi connectivity index (χ0n) is 17.1. The maximum atomic E-state index is 14.3. The summed E-state index contributed by atoms with van der Waals surface area (Å²) in [5.41, 5.74) is 1.69. The van der Waals surface area contributed by atoms with Crippen LogP contribution in [0, 0.1) is 5.82 Å². The van der Waals surface area contributed by atoms with E-state index in [0.717, 1.165) is 11.1 Å². The molecule has 30 heavy (non-hydrogen) atoms. The average Bonchev–Trinajstić information content (AvgIpc) is 3.10. The van der Waals surface area contributed by atoms with Gasteiger partial charge in [-0.15, -0.1) is 0 Å². The first-order valence-corrected chi connectivity index (χ1v) is 10.2. The summed E-state index contributed by atoms with van der Waals surface area (Å²) in [7, 11) is 0. The van der Waals surface area contributed by atoms with Crippen molar-refractivity contribution in [3.63, 3.8) is 0 Å². The Morgan fingerprint density at radius 2 is 2.03 bits per heavy atom. The van der Waals surface area contributed by atoms with Crippen molar-refractivity contribution in [1.29, 1.82) is 0 Å². The van der Waals surface area contributed by atoms with Gasteiger partial charge in [0.25, 0.3) is 6.29 Å². The van der Waals surface area contributed by atoms with Gasteiger partial charge in [0.05, 0.1) is 5.56 Å². The first-order chi connectivity index (χ1) is 14.2. The molecule has 5 nitrogen and oxygen atoms in total. The van der Waals surface area contributed by atoms with Crippen LogP contribution in [0.5, 0.6) is 11.5 Å². The van der Waals surface area contributed by atoms with E-state index in [2.05, 4.69) is 0 Å². The third kappa shape index (κ3) is 4.24. The van der Waals surface area contributed by atoms with Gasteiger partial charge >= 0.3 is 6.09 Å². The highest BCUT2D eigenvalue weighted by molar-refractivity contribution is 6.30. The molecule has 2 aromatic rings. The van der Waals surface area contributed by atoms with Crippen LogP contribution >= 0.6 is 11.6 Å². The van der Waals surface area contributed by atoms with Crippen LogP contribution in [0.15, 0.2) is 42.5 Å². The molecule has 1 unspecified atom stereocenters. The van der Waals surface area contributed by atoms with Gasteiger partial charge in [-0.05, 0) is 57.0 Å². The number of halogens is 2. The summed E-state index contributed by atoms with van der Waals surface area (Å²) in [5.74, 6) is 0.655. The van der Waals surface area contributed by atoms with Gasteiger partial charge in [-0.2, -0.15) is 0 Å².